The number of oxime groups is 2. The molecule has 0 radical (unpaired) electrons. The molecule has 312 valence electrons. The van der Waals surface area contributed by atoms with Gasteiger partial charge in [0, 0.05) is 45.7 Å². The van der Waals surface area contributed by atoms with Crippen molar-refractivity contribution in [3.8, 4) is 0 Å². The molecule has 4 aromatic carbocycles. The predicted octanol–water partition coefficient (Wildman–Crippen LogP) is 9.18. The summed E-state index contributed by atoms with van der Waals surface area (Å²) in [6.45, 7) is 2.76. The largest absolute Gasteiger partial charge is 1.00 e. The fraction of sp³-hybridized carbons (Fsp3) is 0.121. The van der Waals surface area contributed by atoms with Gasteiger partial charge in [0.05, 0.1) is 41.2 Å². The van der Waals surface area contributed by atoms with Gasteiger partial charge in [0.25, 0.3) is 12.1 Å². The van der Waals surface area contributed by atoms with Crippen molar-refractivity contribution in [2.24, 2.45) is 10.3 Å². The minimum absolute atomic E-state index is 0. The predicted molar refractivity (Wildman–Crippen MR) is 220 cm³/mol. The summed E-state index contributed by atoms with van der Waals surface area (Å²) >= 11 is 37.4. The van der Waals surface area contributed by atoms with Crippen molar-refractivity contribution in [1.82, 2.24) is 17.5 Å². The number of benzene rings is 4. The number of hydrogen-bond acceptors (Lipinski definition) is 13. The molecular formula is C33H16Br2Cl5F6N6NaO5S2. The zero-order chi connectivity index (χ0) is 43.9. The monoisotopic (exact) mass is 1110 g/mol. The van der Waals surface area contributed by atoms with Crippen LogP contribution in [-0.4, -0.2) is 52.4 Å². The Labute approximate surface area is 406 Å². The number of carbonyl (C=O) groups is 1. The molecule has 0 amide bonds. The van der Waals surface area contributed by atoms with E-state index in [-0.39, 0.29) is 78.1 Å². The Kier molecular flexibility index (Phi) is 19.3. The standard InChI is InChI=1S/C16H7BrCl2F3N3OS.C9H5Cl2F3.C7H3BrClN3OS.CH2O3.Na/c17-11-2-1-10(13-14(11)25-27-24-13)12-6-15(26-23-12,16(20,21)22)7-3-8(18)5-9(19)4-7;1-5(9(12,13)14)6-2-7(10)4-8(11)3-6;8-4-2-1-3(7(9)10-13)5-6(4)12-14-11-5;2-1-4-3;/h1-5H,6H2;2-4H,1H2;1-2,13H;1,3H;/q;;;;+1/p-1/b;;10-7-;;. The molecule has 27 heteroatoms. The van der Waals surface area contributed by atoms with E-state index in [2.05, 4.69) is 71.1 Å². The van der Waals surface area contributed by atoms with E-state index in [9.17, 15) is 26.3 Å². The Morgan fingerprint density at radius 1 is 0.850 bits per heavy atom. The van der Waals surface area contributed by atoms with Crippen LogP contribution in [0, 0.1) is 0 Å². The smallest absolute Gasteiger partial charge is 0.662 e. The van der Waals surface area contributed by atoms with E-state index < -0.39 is 29.9 Å². The van der Waals surface area contributed by atoms with E-state index in [0.717, 1.165) is 27.9 Å². The van der Waals surface area contributed by atoms with Gasteiger partial charge in [-0.05, 0) is 98.1 Å². The molecule has 1 aliphatic heterocycles. The summed E-state index contributed by atoms with van der Waals surface area (Å²) in [5.74, 6) is 0. The first-order chi connectivity index (χ1) is 27.7. The molecule has 0 spiro atoms. The Morgan fingerprint density at radius 3 is 1.80 bits per heavy atom. The van der Waals surface area contributed by atoms with Crippen molar-refractivity contribution in [3.63, 3.8) is 0 Å². The molecule has 6 aromatic rings. The third-order valence-electron chi connectivity index (χ3n) is 7.46. The van der Waals surface area contributed by atoms with Gasteiger partial charge < -0.3 is 20.2 Å². The number of fused-ring (bicyclic) bond motifs is 2. The van der Waals surface area contributed by atoms with Crippen molar-refractivity contribution in [2.45, 2.75) is 24.4 Å². The number of nitrogens with zero attached hydrogens (tertiary/aromatic N) is 6. The first-order valence-corrected chi connectivity index (χ1v) is 20.0. The molecule has 60 heavy (non-hydrogen) atoms. The topological polar surface area (TPSA) is 155 Å². The Morgan fingerprint density at radius 2 is 1.32 bits per heavy atom. The molecule has 0 fully saturated rings. The second-order valence-electron chi connectivity index (χ2n) is 11.1. The van der Waals surface area contributed by atoms with Gasteiger partial charge in [-0.15, -0.1) is 0 Å². The minimum atomic E-state index is -4.75. The molecule has 0 bridgehead atoms. The van der Waals surface area contributed by atoms with Crippen LogP contribution in [0.1, 0.15) is 28.7 Å². The van der Waals surface area contributed by atoms with E-state index in [1.54, 1.807) is 24.3 Å². The normalized spacial score (nSPS) is 14.9. The van der Waals surface area contributed by atoms with Crippen LogP contribution in [-0.2, 0) is 20.1 Å². The molecule has 1 atom stereocenters. The number of alkyl halides is 6. The van der Waals surface area contributed by atoms with Gasteiger partial charge in [-0.25, -0.2) is 0 Å². The van der Waals surface area contributed by atoms with E-state index in [1.165, 1.54) is 36.4 Å². The van der Waals surface area contributed by atoms with E-state index in [1.807, 2.05) is 0 Å². The van der Waals surface area contributed by atoms with Crippen LogP contribution in [0.4, 0.5) is 26.3 Å². The van der Waals surface area contributed by atoms with Crippen molar-refractivity contribution >= 4 is 158 Å². The van der Waals surface area contributed by atoms with Gasteiger partial charge in [-0.1, -0.05) is 74.9 Å². The van der Waals surface area contributed by atoms with Gasteiger partial charge in [-0.3, -0.25) is 4.79 Å². The molecule has 11 nitrogen and oxygen atoms in total. The SMILES string of the molecule is C=C(c1cc(Cl)cc(Cl)c1)C(F)(F)F.FC(F)(F)C1(c2cc(Cl)cc(Cl)c2)CC(c2ccc(Br)c3nsnc23)=NO1.O/N=C(\Cl)c1ccc(Br)c2nsnc12.O=CO[O-].[Na+]. The molecule has 1 N–H and O–H groups in total. The van der Waals surface area contributed by atoms with E-state index in [4.69, 9.17) is 78.1 Å². The Balaban J connectivity index is 0.000000247. The Bertz CT molecular complexity index is 2530. The van der Waals surface area contributed by atoms with Crippen LogP contribution >= 0.6 is 113 Å². The molecule has 1 aliphatic rings. The number of halogens is 13. The van der Waals surface area contributed by atoms with Gasteiger partial charge in [-0.2, -0.15) is 43.8 Å². The molecule has 0 saturated heterocycles. The molecule has 3 heterocycles. The average molecular weight is 1110 g/mol. The number of hydrogen-bond donors (Lipinski definition) is 1. The van der Waals surface area contributed by atoms with Crippen LogP contribution in [0.15, 0.2) is 86.5 Å². The van der Waals surface area contributed by atoms with Crippen molar-refractivity contribution in [3.05, 3.63) is 119 Å². The quantitative estimate of drug-likeness (QED) is 0.0339. The van der Waals surface area contributed by atoms with Crippen LogP contribution < -0.4 is 34.8 Å². The Hall–Kier alpha value is -2.38. The first-order valence-electron chi connectivity index (χ1n) is 15.1. The molecule has 0 aliphatic carbocycles. The molecule has 7 rings (SSSR count). The third kappa shape index (κ3) is 12.6. The minimum Gasteiger partial charge on any atom is -0.662 e. The summed E-state index contributed by atoms with van der Waals surface area (Å²) in [5.41, 5.74) is -0.487. The van der Waals surface area contributed by atoms with E-state index in [0.29, 0.717) is 37.7 Å². The summed E-state index contributed by atoms with van der Waals surface area (Å²) in [5, 5.41) is 24.1. The first kappa shape index (κ1) is 52.0. The molecule has 0 saturated carbocycles. The average Bonchev–Trinajstić information content (AvgIpc) is 3.96. The summed E-state index contributed by atoms with van der Waals surface area (Å²) < 4.78 is 96.8. The summed E-state index contributed by atoms with van der Waals surface area (Å²) in [7, 11) is 0. The number of carbonyl (C=O) groups excluding carboxylic acids is 1. The molecule has 2 aromatic heterocycles. The van der Waals surface area contributed by atoms with Crippen LogP contribution in [0.2, 0.25) is 20.1 Å². The van der Waals surface area contributed by atoms with Gasteiger partial charge in [0.15, 0.2) is 5.17 Å². The number of aromatic nitrogens is 4. The van der Waals surface area contributed by atoms with Crippen LogP contribution in [0.5, 0.6) is 0 Å². The second kappa shape index (κ2) is 22.3. The summed E-state index contributed by atoms with van der Waals surface area (Å²) in [6, 6.07) is 14.2. The summed E-state index contributed by atoms with van der Waals surface area (Å²) in [4.78, 5) is 16.3. The maximum absolute atomic E-state index is 14.1. The van der Waals surface area contributed by atoms with Crippen molar-refractivity contribution < 1.29 is 80.9 Å². The van der Waals surface area contributed by atoms with Gasteiger partial charge >= 0.3 is 41.9 Å². The number of allylic oxidation sites excluding steroid dienone is 1. The van der Waals surface area contributed by atoms with E-state index >= 15 is 0 Å². The zero-order valence-electron chi connectivity index (χ0n) is 29.3. The second-order valence-corrected chi connectivity index (χ2v) is 16.0. The fourth-order valence-electron chi connectivity index (χ4n) is 4.85. The summed E-state index contributed by atoms with van der Waals surface area (Å²) in [6.07, 6.45) is -9.75. The maximum Gasteiger partial charge on any atom is 1.00 e. The fourth-order valence-corrected chi connectivity index (χ4v) is 8.26. The zero-order valence-corrected chi connectivity index (χ0v) is 39.8. The van der Waals surface area contributed by atoms with Crippen molar-refractivity contribution in [2.75, 3.05) is 0 Å². The molecule has 1 unspecified atom stereocenters. The molecular weight excluding hydrogens is 1100 g/mol. The third-order valence-corrected chi connectivity index (χ3v) is 10.9. The van der Waals surface area contributed by atoms with Crippen molar-refractivity contribution in [1.29, 1.82) is 0 Å². The van der Waals surface area contributed by atoms with Gasteiger partial charge in [0.2, 0.25) is 0 Å². The number of rotatable bonds is 5. The van der Waals surface area contributed by atoms with Gasteiger partial charge in [0.1, 0.15) is 22.1 Å². The maximum atomic E-state index is 14.1. The van der Waals surface area contributed by atoms with Crippen LogP contribution in [0.25, 0.3) is 27.6 Å². The van der Waals surface area contributed by atoms with Crippen LogP contribution in [0.3, 0.4) is 0 Å².